The molecule has 0 saturated carbocycles. The van der Waals surface area contributed by atoms with Crippen molar-refractivity contribution < 1.29 is 9.47 Å². The summed E-state index contributed by atoms with van der Waals surface area (Å²) in [6.07, 6.45) is 0. The molecule has 0 aliphatic carbocycles. The van der Waals surface area contributed by atoms with Crippen LogP contribution in [-0.2, 0) is 0 Å². The molecule has 3 atom stereocenters. The molecule has 3 unspecified atom stereocenters. The highest BCUT2D eigenvalue weighted by Gasteiger charge is 2.26. The molecule has 2 rings (SSSR count). The predicted molar refractivity (Wildman–Crippen MR) is 81.6 cm³/mol. The first-order valence-corrected chi connectivity index (χ1v) is 7.27. The van der Waals surface area contributed by atoms with E-state index >= 15 is 0 Å². The number of rotatable bonds is 4. The van der Waals surface area contributed by atoms with Gasteiger partial charge < -0.3 is 14.8 Å². The normalized spacial score (nSPS) is 25.2. The van der Waals surface area contributed by atoms with E-state index in [-0.39, 0.29) is 0 Å². The maximum absolute atomic E-state index is 5.53. The van der Waals surface area contributed by atoms with Crippen LogP contribution in [-0.4, -0.2) is 44.3 Å². The van der Waals surface area contributed by atoms with Crippen LogP contribution in [0.15, 0.2) is 18.2 Å². The van der Waals surface area contributed by atoms with Gasteiger partial charge in [0.05, 0.1) is 14.2 Å². The van der Waals surface area contributed by atoms with E-state index in [2.05, 4.69) is 37.1 Å². The quantitative estimate of drug-likeness (QED) is 0.917. The van der Waals surface area contributed by atoms with Crippen LogP contribution in [0, 0.1) is 0 Å². The SMILES string of the molecule is COc1ccc(C(C)N2CC(C)NC(C)C2)c(OC)c1. The van der Waals surface area contributed by atoms with E-state index in [1.54, 1.807) is 14.2 Å². The maximum Gasteiger partial charge on any atom is 0.127 e. The van der Waals surface area contributed by atoms with Gasteiger partial charge in [-0.1, -0.05) is 6.07 Å². The first-order valence-electron chi connectivity index (χ1n) is 7.27. The molecule has 1 aliphatic rings. The molecular formula is C16H26N2O2. The minimum Gasteiger partial charge on any atom is -0.497 e. The topological polar surface area (TPSA) is 33.7 Å². The molecule has 1 heterocycles. The van der Waals surface area contributed by atoms with E-state index in [1.807, 2.05) is 12.1 Å². The van der Waals surface area contributed by atoms with Crippen LogP contribution in [0.2, 0.25) is 0 Å². The summed E-state index contributed by atoms with van der Waals surface area (Å²) < 4.78 is 10.8. The minimum atomic E-state index is 0.336. The number of benzene rings is 1. The Kier molecular flexibility index (Phi) is 4.89. The molecule has 1 saturated heterocycles. The number of methoxy groups -OCH3 is 2. The average Bonchev–Trinajstić information content (AvgIpc) is 2.44. The average molecular weight is 278 g/mol. The van der Waals surface area contributed by atoms with E-state index in [0.717, 1.165) is 24.6 Å². The highest BCUT2D eigenvalue weighted by molar-refractivity contribution is 5.42. The van der Waals surface area contributed by atoms with Crippen molar-refractivity contribution in [1.82, 2.24) is 10.2 Å². The monoisotopic (exact) mass is 278 g/mol. The Hall–Kier alpha value is -1.26. The standard InChI is InChI=1S/C16H26N2O2/c1-11-9-18(10-12(2)17-11)13(3)15-7-6-14(19-4)8-16(15)20-5/h6-8,11-13,17H,9-10H2,1-5H3. The third-order valence-corrected chi connectivity index (χ3v) is 4.02. The number of nitrogens with one attached hydrogen (secondary N) is 1. The van der Waals surface area contributed by atoms with Gasteiger partial charge in [-0.15, -0.1) is 0 Å². The van der Waals surface area contributed by atoms with Gasteiger partial charge >= 0.3 is 0 Å². The fraction of sp³-hybridized carbons (Fsp3) is 0.625. The lowest BCUT2D eigenvalue weighted by Gasteiger charge is -2.40. The first kappa shape index (κ1) is 15.1. The fourth-order valence-corrected chi connectivity index (χ4v) is 3.05. The summed E-state index contributed by atoms with van der Waals surface area (Å²) in [5.74, 6) is 1.73. The van der Waals surface area contributed by atoms with Gasteiger partial charge in [0.25, 0.3) is 0 Å². The molecule has 0 radical (unpaired) electrons. The number of piperazine rings is 1. The van der Waals surface area contributed by atoms with Crippen LogP contribution in [0.3, 0.4) is 0 Å². The smallest absolute Gasteiger partial charge is 0.127 e. The van der Waals surface area contributed by atoms with Crippen LogP contribution in [0.25, 0.3) is 0 Å². The predicted octanol–water partition coefficient (Wildman–Crippen LogP) is 2.45. The largest absolute Gasteiger partial charge is 0.497 e. The van der Waals surface area contributed by atoms with Gasteiger partial charge in [0.2, 0.25) is 0 Å². The van der Waals surface area contributed by atoms with Gasteiger partial charge in [-0.25, -0.2) is 0 Å². The number of nitrogens with zero attached hydrogens (tertiary/aromatic N) is 1. The zero-order valence-electron chi connectivity index (χ0n) is 13.1. The molecule has 0 aromatic heterocycles. The molecule has 1 N–H and O–H groups in total. The van der Waals surface area contributed by atoms with Crippen molar-refractivity contribution in [2.24, 2.45) is 0 Å². The van der Waals surface area contributed by atoms with Crippen molar-refractivity contribution in [3.63, 3.8) is 0 Å². The van der Waals surface area contributed by atoms with Gasteiger partial charge in [0.1, 0.15) is 11.5 Å². The second kappa shape index (κ2) is 6.46. The third kappa shape index (κ3) is 3.25. The summed E-state index contributed by atoms with van der Waals surface area (Å²) in [6, 6.07) is 7.45. The molecule has 0 spiro atoms. The van der Waals surface area contributed by atoms with E-state index in [4.69, 9.17) is 9.47 Å². The highest BCUT2D eigenvalue weighted by Crippen LogP contribution is 2.33. The van der Waals surface area contributed by atoms with Crippen molar-refractivity contribution >= 4 is 0 Å². The van der Waals surface area contributed by atoms with E-state index in [0.29, 0.717) is 18.1 Å². The lowest BCUT2D eigenvalue weighted by atomic mass is 10.0. The molecule has 4 heteroatoms. The number of hydrogen-bond acceptors (Lipinski definition) is 4. The molecule has 112 valence electrons. The van der Waals surface area contributed by atoms with Crippen LogP contribution in [0.4, 0.5) is 0 Å². The van der Waals surface area contributed by atoms with Crippen molar-refractivity contribution in [3.8, 4) is 11.5 Å². The maximum atomic E-state index is 5.53. The Morgan fingerprint density at radius 2 is 1.80 bits per heavy atom. The Morgan fingerprint density at radius 3 is 2.35 bits per heavy atom. The molecule has 0 bridgehead atoms. The fourth-order valence-electron chi connectivity index (χ4n) is 3.05. The second-order valence-electron chi connectivity index (χ2n) is 5.71. The Labute approximate surface area is 122 Å². The number of hydrogen-bond donors (Lipinski definition) is 1. The third-order valence-electron chi connectivity index (χ3n) is 4.02. The minimum absolute atomic E-state index is 0.336. The molecule has 1 aromatic carbocycles. The van der Waals surface area contributed by atoms with Crippen LogP contribution >= 0.6 is 0 Å². The van der Waals surface area contributed by atoms with Gasteiger partial charge in [-0.3, -0.25) is 4.90 Å². The summed E-state index contributed by atoms with van der Waals surface area (Å²) in [4.78, 5) is 2.51. The number of ether oxygens (including phenoxy) is 2. The van der Waals surface area contributed by atoms with Gasteiger partial charge in [0, 0.05) is 42.8 Å². The summed E-state index contributed by atoms with van der Waals surface area (Å²) in [6.45, 7) is 8.83. The first-order chi connectivity index (χ1) is 9.55. The lowest BCUT2D eigenvalue weighted by Crippen LogP contribution is -2.54. The summed E-state index contributed by atoms with van der Waals surface area (Å²) in [5.41, 5.74) is 1.22. The molecule has 4 nitrogen and oxygen atoms in total. The summed E-state index contributed by atoms with van der Waals surface area (Å²) in [7, 11) is 3.39. The Morgan fingerprint density at radius 1 is 1.15 bits per heavy atom. The summed E-state index contributed by atoms with van der Waals surface area (Å²) >= 11 is 0. The zero-order chi connectivity index (χ0) is 14.7. The van der Waals surface area contributed by atoms with Crippen molar-refractivity contribution in [2.75, 3.05) is 27.3 Å². The lowest BCUT2D eigenvalue weighted by molar-refractivity contribution is 0.129. The molecule has 1 aromatic rings. The van der Waals surface area contributed by atoms with Gasteiger partial charge in [-0.2, -0.15) is 0 Å². The second-order valence-corrected chi connectivity index (χ2v) is 5.71. The van der Waals surface area contributed by atoms with E-state index in [9.17, 15) is 0 Å². The van der Waals surface area contributed by atoms with Gasteiger partial charge in [-0.05, 0) is 26.8 Å². The zero-order valence-corrected chi connectivity index (χ0v) is 13.1. The highest BCUT2D eigenvalue weighted by atomic mass is 16.5. The Balaban J connectivity index is 2.21. The molecule has 1 fully saturated rings. The summed E-state index contributed by atoms with van der Waals surface area (Å²) in [5, 5.41) is 3.57. The van der Waals surface area contributed by atoms with Crippen LogP contribution in [0.5, 0.6) is 11.5 Å². The van der Waals surface area contributed by atoms with Crippen molar-refractivity contribution in [2.45, 2.75) is 38.9 Å². The van der Waals surface area contributed by atoms with Crippen LogP contribution in [0.1, 0.15) is 32.4 Å². The van der Waals surface area contributed by atoms with Crippen molar-refractivity contribution in [1.29, 1.82) is 0 Å². The molecule has 1 aliphatic heterocycles. The van der Waals surface area contributed by atoms with E-state index < -0.39 is 0 Å². The van der Waals surface area contributed by atoms with Crippen molar-refractivity contribution in [3.05, 3.63) is 23.8 Å². The molecule has 20 heavy (non-hydrogen) atoms. The molecular weight excluding hydrogens is 252 g/mol. The Bertz CT molecular complexity index is 440. The molecule has 0 amide bonds. The van der Waals surface area contributed by atoms with Gasteiger partial charge in [0.15, 0.2) is 0 Å². The van der Waals surface area contributed by atoms with Crippen LogP contribution < -0.4 is 14.8 Å². The van der Waals surface area contributed by atoms with E-state index in [1.165, 1.54) is 5.56 Å².